The Labute approximate surface area is 126 Å². The summed E-state index contributed by atoms with van der Waals surface area (Å²) in [7, 11) is 0. The van der Waals surface area contributed by atoms with Gasteiger partial charge in [-0.1, -0.05) is 24.6 Å². The van der Waals surface area contributed by atoms with Gasteiger partial charge in [0.05, 0.1) is 16.8 Å². The molecule has 0 aromatic heterocycles. The molecule has 1 unspecified atom stereocenters. The molecule has 1 aliphatic heterocycles. The van der Waals surface area contributed by atoms with Gasteiger partial charge in [0.1, 0.15) is 0 Å². The van der Waals surface area contributed by atoms with Crippen molar-refractivity contribution < 1.29 is 5.11 Å². The minimum absolute atomic E-state index is 0.150. The molecule has 1 heterocycles. The summed E-state index contributed by atoms with van der Waals surface area (Å²) in [6.07, 6.45) is 2.63. The number of benzene rings is 1. The molecule has 4 heteroatoms. The third-order valence-electron chi connectivity index (χ3n) is 3.98. The molecule has 1 aromatic carbocycles. The molecule has 2 rings (SSSR count). The van der Waals surface area contributed by atoms with Gasteiger partial charge in [-0.15, -0.1) is 0 Å². The normalized spacial score (nSPS) is 18.3. The lowest BCUT2D eigenvalue weighted by Gasteiger charge is -2.32. The number of hydrogen-bond acceptors (Lipinski definition) is 3. The van der Waals surface area contributed by atoms with Gasteiger partial charge in [0.25, 0.3) is 0 Å². The lowest BCUT2D eigenvalue weighted by atomic mass is 10.0. The molecule has 3 nitrogen and oxygen atoms in total. The van der Waals surface area contributed by atoms with Crippen LogP contribution in [0.1, 0.15) is 44.7 Å². The second-order valence-corrected chi connectivity index (χ2v) is 6.01. The van der Waals surface area contributed by atoms with E-state index < -0.39 is 0 Å². The van der Waals surface area contributed by atoms with Crippen LogP contribution in [-0.4, -0.2) is 30.8 Å². The molecule has 1 aliphatic rings. The molecular weight excluding hydrogens is 272 g/mol. The summed E-state index contributed by atoms with van der Waals surface area (Å²) in [5.41, 5.74) is 2.31. The van der Waals surface area contributed by atoms with E-state index in [1.54, 1.807) is 0 Å². The van der Waals surface area contributed by atoms with E-state index in [0.717, 1.165) is 49.6 Å². The van der Waals surface area contributed by atoms with E-state index in [1.807, 2.05) is 0 Å². The number of anilines is 1. The number of nitrogens with one attached hydrogen (secondary N) is 1. The fourth-order valence-electron chi connectivity index (χ4n) is 2.63. The van der Waals surface area contributed by atoms with Crippen LogP contribution in [0.25, 0.3) is 0 Å². The van der Waals surface area contributed by atoms with Crippen LogP contribution in [-0.2, 0) is 0 Å². The van der Waals surface area contributed by atoms with Crippen molar-refractivity contribution in [1.82, 2.24) is 5.32 Å². The topological polar surface area (TPSA) is 35.5 Å². The van der Waals surface area contributed by atoms with Gasteiger partial charge in [-0.3, -0.25) is 0 Å². The first-order valence-electron chi connectivity index (χ1n) is 7.57. The summed E-state index contributed by atoms with van der Waals surface area (Å²) < 4.78 is 0. The van der Waals surface area contributed by atoms with Crippen molar-refractivity contribution >= 4 is 17.3 Å². The molecule has 112 valence electrons. The van der Waals surface area contributed by atoms with Gasteiger partial charge in [-0.2, -0.15) is 0 Å². The Balaban J connectivity index is 2.05. The van der Waals surface area contributed by atoms with Gasteiger partial charge >= 0.3 is 0 Å². The predicted molar refractivity (Wildman–Crippen MR) is 85.6 cm³/mol. The highest BCUT2D eigenvalue weighted by molar-refractivity contribution is 6.33. The van der Waals surface area contributed by atoms with Gasteiger partial charge in [0, 0.05) is 19.1 Å². The molecule has 0 bridgehead atoms. The van der Waals surface area contributed by atoms with Crippen LogP contribution in [0, 0.1) is 0 Å². The van der Waals surface area contributed by atoms with Crippen molar-refractivity contribution in [1.29, 1.82) is 0 Å². The van der Waals surface area contributed by atoms with Crippen LogP contribution in [0.15, 0.2) is 18.2 Å². The van der Waals surface area contributed by atoms with Gasteiger partial charge < -0.3 is 15.3 Å². The summed E-state index contributed by atoms with van der Waals surface area (Å²) in [6.45, 7) is 7.11. The average molecular weight is 297 g/mol. The molecule has 0 amide bonds. The minimum Gasteiger partial charge on any atom is -0.393 e. The number of aliphatic hydroxyl groups is 1. The highest BCUT2D eigenvalue weighted by Gasteiger charge is 2.19. The number of nitrogens with zero attached hydrogens (tertiary/aromatic N) is 1. The van der Waals surface area contributed by atoms with E-state index in [2.05, 4.69) is 42.3 Å². The second kappa shape index (κ2) is 7.30. The number of piperidine rings is 1. The quantitative estimate of drug-likeness (QED) is 0.874. The monoisotopic (exact) mass is 296 g/mol. The van der Waals surface area contributed by atoms with Crippen LogP contribution in [0.2, 0.25) is 5.02 Å². The van der Waals surface area contributed by atoms with E-state index in [-0.39, 0.29) is 6.10 Å². The fraction of sp³-hybridized carbons (Fsp3) is 0.625. The van der Waals surface area contributed by atoms with Gasteiger partial charge in [0.2, 0.25) is 0 Å². The minimum atomic E-state index is -0.150. The number of rotatable bonds is 5. The van der Waals surface area contributed by atoms with E-state index in [4.69, 9.17) is 11.6 Å². The number of halogens is 1. The number of aliphatic hydroxyl groups excluding tert-OH is 1. The van der Waals surface area contributed by atoms with Crippen molar-refractivity contribution in [3.8, 4) is 0 Å². The SMILES string of the molecule is CCCNC(C)c1ccc(N2CCC(O)CC2)c(Cl)c1. The highest BCUT2D eigenvalue weighted by atomic mass is 35.5. The molecular formula is C16H25ClN2O. The first kappa shape index (κ1) is 15.6. The van der Waals surface area contributed by atoms with Crippen LogP contribution < -0.4 is 10.2 Å². The smallest absolute Gasteiger partial charge is 0.0642 e. The lowest BCUT2D eigenvalue weighted by Crippen LogP contribution is -2.36. The van der Waals surface area contributed by atoms with Crippen LogP contribution >= 0.6 is 11.6 Å². The molecule has 1 saturated heterocycles. The Morgan fingerprint density at radius 2 is 2.10 bits per heavy atom. The molecule has 20 heavy (non-hydrogen) atoms. The summed E-state index contributed by atoms with van der Waals surface area (Å²) >= 11 is 6.45. The molecule has 1 aromatic rings. The maximum Gasteiger partial charge on any atom is 0.0642 e. The molecule has 0 spiro atoms. The molecule has 1 fully saturated rings. The van der Waals surface area contributed by atoms with Crippen molar-refractivity contribution in [3.63, 3.8) is 0 Å². The van der Waals surface area contributed by atoms with Gasteiger partial charge in [-0.05, 0) is 50.4 Å². The Hall–Kier alpha value is -0.770. The zero-order valence-electron chi connectivity index (χ0n) is 12.4. The van der Waals surface area contributed by atoms with Crippen molar-refractivity contribution in [3.05, 3.63) is 28.8 Å². The molecule has 0 radical (unpaired) electrons. The van der Waals surface area contributed by atoms with Crippen molar-refractivity contribution in [2.24, 2.45) is 0 Å². The maximum atomic E-state index is 9.57. The maximum absolute atomic E-state index is 9.57. The van der Waals surface area contributed by atoms with E-state index in [0.29, 0.717) is 6.04 Å². The third kappa shape index (κ3) is 3.87. The zero-order chi connectivity index (χ0) is 14.5. The predicted octanol–water partition coefficient (Wildman–Crippen LogP) is 3.36. The van der Waals surface area contributed by atoms with Crippen LogP contribution in [0.5, 0.6) is 0 Å². The molecule has 0 saturated carbocycles. The Kier molecular flexibility index (Phi) is 5.70. The third-order valence-corrected chi connectivity index (χ3v) is 4.28. The summed E-state index contributed by atoms with van der Waals surface area (Å²) in [5, 5.41) is 13.9. The highest BCUT2D eigenvalue weighted by Crippen LogP contribution is 2.30. The standard InChI is InChI=1S/C16H25ClN2O/c1-3-8-18-12(2)13-4-5-16(15(17)11-13)19-9-6-14(20)7-10-19/h4-5,11-12,14,18,20H,3,6-10H2,1-2H3. The molecule has 1 atom stereocenters. The summed E-state index contributed by atoms with van der Waals surface area (Å²) in [4.78, 5) is 2.27. The first-order chi connectivity index (χ1) is 9.61. The summed E-state index contributed by atoms with van der Waals surface area (Å²) in [5.74, 6) is 0. The van der Waals surface area contributed by atoms with Gasteiger partial charge in [0.15, 0.2) is 0 Å². The Bertz CT molecular complexity index is 430. The second-order valence-electron chi connectivity index (χ2n) is 5.60. The first-order valence-corrected chi connectivity index (χ1v) is 7.95. The number of hydrogen-bond donors (Lipinski definition) is 2. The van der Waals surface area contributed by atoms with Crippen molar-refractivity contribution in [2.45, 2.75) is 45.3 Å². The Morgan fingerprint density at radius 1 is 1.40 bits per heavy atom. The van der Waals surface area contributed by atoms with Crippen LogP contribution in [0.4, 0.5) is 5.69 Å². The fourth-order valence-corrected chi connectivity index (χ4v) is 2.94. The van der Waals surface area contributed by atoms with Crippen LogP contribution in [0.3, 0.4) is 0 Å². The van der Waals surface area contributed by atoms with E-state index in [1.165, 1.54) is 5.56 Å². The lowest BCUT2D eigenvalue weighted by molar-refractivity contribution is 0.145. The molecule has 0 aliphatic carbocycles. The van der Waals surface area contributed by atoms with Crippen molar-refractivity contribution in [2.75, 3.05) is 24.5 Å². The van der Waals surface area contributed by atoms with E-state index in [9.17, 15) is 5.11 Å². The zero-order valence-corrected chi connectivity index (χ0v) is 13.2. The van der Waals surface area contributed by atoms with Gasteiger partial charge in [-0.25, -0.2) is 0 Å². The largest absolute Gasteiger partial charge is 0.393 e. The average Bonchev–Trinajstić information content (AvgIpc) is 2.46. The summed E-state index contributed by atoms with van der Waals surface area (Å²) in [6, 6.07) is 6.65. The Morgan fingerprint density at radius 3 is 2.70 bits per heavy atom. The van der Waals surface area contributed by atoms with E-state index >= 15 is 0 Å². The molecule has 2 N–H and O–H groups in total.